The highest BCUT2D eigenvalue weighted by Gasteiger charge is 2.57. The van der Waals surface area contributed by atoms with Gasteiger partial charge in [0.25, 0.3) is 5.91 Å². The molecule has 0 unspecified atom stereocenters. The van der Waals surface area contributed by atoms with E-state index in [1.807, 2.05) is 37.4 Å². The summed E-state index contributed by atoms with van der Waals surface area (Å²) in [6.07, 6.45) is 6.49. The highest BCUT2D eigenvalue weighted by atomic mass is 16.5. The van der Waals surface area contributed by atoms with Gasteiger partial charge < -0.3 is 14.8 Å². The molecular formula is C24H29NO3. The Balaban J connectivity index is 1.20. The van der Waals surface area contributed by atoms with Crippen LogP contribution < -0.4 is 10.1 Å². The van der Waals surface area contributed by atoms with E-state index in [1.165, 1.54) is 37.5 Å². The zero-order valence-electron chi connectivity index (χ0n) is 16.5. The van der Waals surface area contributed by atoms with Gasteiger partial charge in [-0.2, -0.15) is 0 Å². The molecule has 4 saturated carbocycles. The van der Waals surface area contributed by atoms with Gasteiger partial charge in [0.05, 0.1) is 5.60 Å². The molecule has 0 atom stereocenters. The summed E-state index contributed by atoms with van der Waals surface area (Å²) in [4.78, 5) is 12.5. The summed E-state index contributed by atoms with van der Waals surface area (Å²) in [5, 5.41) is 5.41. The van der Waals surface area contributed by atoms with E-state index >= 15 is 0 Å². The molecule has 6 rings (SSSR count). The highest BCUT2D eigenvalue weighted by Crippen LogP contribution is 2.59. The minimum atomic E-state index is -0.175. The largest absolute Gasteiger partial charge is 0.484 e. The van der Waals surface area contributed by atoms with Gasteiger partial charge in [0.2, 0.25) is 0 Å². The Morgan fingerprint density at radius 3 is 2.36 bits per heavy atom. The van der Waals surface area contributed by atoms with Crippen molar-refractivity contribution in [3.05, 3.63) is 42.5 Å². The van der Waals surface area contributed by atoms with Crippen molar-refractivity contribution < 1.29 is 14.3 Å². The Morgan fingerprint density at radius 2 is 1.68 bits per heavy atom. The Hall–Kier alpha value is -2.07. The van der Waals surface area contributed by atoms with Gasteiger partial charge in [-0.25, -0.2) is 0 Å². The van der Waals surface area contributed by atoms with Crippen LogP contribution >= 0.6 is 0 Å². The van der Waals surface area contributed by atoms with Crippen molar-refractivity contribution in [1.82, 2.24) is 5.32 Å². The summed E-state index contributed by atoms with van der Waals surface area (Å²) in [6.45, 7) is 0.650. The smallest absolute Gasteiger partial charge is 0.258 e. The molecule has 4 nitrogen and oxygen atoms in total. The molecule has 0 spiro atoms. The molecule has 148 valence electrons. The molecule has 0 saturated heterocycles. The van der Waals surface area contributed by atoms with Gasteiger partial charge in [-0.3, -0.25) is 4.79 Å². The van der Waals surface area contributed by atoms with Crippen LogP contribution in [0, 0.1) is 23.7 Å². The molecule has 1 N–H and O–H groups in total. The molecule has 4 fully saturated rings. The SMILES string of the molecule is COC1(CNC(=O)COc2ccc3ccccc3c2)C2CC3CC(C2)CC1C3. The number of carbonyl (C=O) groups excluding carboxylic acids is 1. The summed E-state index contributed by atoms with van der Waals surface area (Å²) < 4.78 is 11.9. The third-order valence-electron chi connectivity index (χ3n) is 7.55. The van der Waals surface area contributed by atoms with Gasteiger partial charge in [-0.15, -0.1) is 0 Å². The standard InChI is InChI=1S/C24H29NO3/c1-27-24(20-9-16-8-17(11-20)12-21(24)10-16)15-25-23(26)14-28-22-7-6-18-4-2-3-5-19(18)13-22/h2-7,13,16-17,20-21H,8-12,14-15H2,1H3,(H,25,26). The van der Waals surface area contributed by atoms with Crippen LogP contribution in [0.1, 0.15) is 32.1 Å². The molecule has 1 amide bonds. The van der Waals surface area contributed by atoms with Gasteiger partial charge in [0.1, 0.15) is 5.75 Å². The maximum atomic E-state index is 12.5. The van der Waals surface area contributed by atoms with Crippen LogP contribution in [0.2, 0.25) is 0 Å². The summed E-state index contributed by atoms with van der Waals surface area (Å²) in [6, 6.07) is 14.1. The first-order valence-electron chi connectivity index (χ1n) is 10.6. The molecule has 0 radical (unpaired) electrons. The van der Waals surface area contributed by atoms with Gasteiger partial charge in [-0.1, -0.05) is 30.3 Å². The van der Waals surface area contributed by atoms with Crippen molar-refractivity contribution in [2.24, 2.45) is 23.7 Å². The number of amides is 1. The molecule has 4 aliphatic rings. The van der Waals surface area contributed by atoms with Crippen LogP contribution in [0.15, 0.2) is 42.5 Å². The lowest BCUT2D eigenvalue weighted by Gasteiger charge is -2.60. The highest BCUT2D eigenvalue weighted by molar-refractivity contribution is 5.84. The number of carbonyl (C=O) groups is 1. The second-order valence-corrected chi connectivity index (χ2v) is 9.04. The minimum absolute atomic E-state index is 0.0404. The zero-order valence-corrected chi connectivity index (χ0v) is 16.5. The molecule has 28 heavy (non-hydrogen) atoms. The third-order valence-corrected chi connectivity index (χ3v) is 7.55. The van der Waals surface area contributed by atoms with Crippen molar-refractivity contribution in [3.8, 4) is 5.75 Å². The second kappa shape index (κ2) is 7.07. The van der Waals surface area contributed by atoms with Crippen molar-refractivity contribution in [1.29, 1.82) is 0 Å². The Morgan fingerprint density at radius 1 is 1.00 bits per heavy atom. The van der Waals surface area contributed by atoms with E-state index in [-0.39, 0.29) is 18.1 Å². The number of ether oxygens (including phenoxy) is 2. The number of benzene rings is 2. The van der Waals surface area contributed by atoms with E-state index in [2.05, 4.69) is 17.4 Å². The van der Waals surface area contributed by atoms with E-state index in [1.54, 1.807) is 0 Å². The lowest BCUT2D eigenvalue weighted by Crippen LogP contribution is -2.63. The lowest BCUT2D eigenvalue weighted by atomic mass is 9.49. The molecule has 0 heterocycles. The maximum absolute atomic E-state index is 12.5. The van der Waals surface area contributed by atoms with E-state index in [4.69, 9.17) is 9.47 Å². The van der Waals surface area contributed by atoms with Crippen LogP contribution in [0.25, 0.3) is 10.8 Å². The summed E-state index contributed by atoms with van der Waals surface area (Å²) in [7, 11) is 1.83. The Labute approximate surface area is 166 Å². The van der Waals surface area contributed by atoms with Crippen LogP contribution in [-0.4, -0.2) is 31.8 Å². The second-order valence-electron chi connectivity index (χ2n) is 9.04. The van der Waals surface area contributed by atoms with Crippen molar-refractivity contribution in [3.63, 3.8) is 0 Å². The molecule has 4 bridgehead atoms. The fraction of sp³-hybridized carbons (Fsp3) is 0.542. The fourth-order valence-corrected chi connectivity index (χ4v) is 6.37. The van der Waals surface area contributed by atoms with Gasteiger partial charge in [0, 0.05) is 13.7 Å². The Bertz CT molecular complexity index is 849. The van der Waals surface area contributed by atoms with Crippen molar-refractivity contribution in [2.75, 3.05) is 20.3 Å². The van der Waals surface area contributed by atoms with E-state index < -0.39 is 0 Å². The summed E-state index contributed by atoms with van der Waals surface area (Å²) in [5.41, 5.74) is -0.175. The van der Waals surface area contributed by atoms with Crippen LogP contribution in [0.4, 0.5) is 0 Å². The molecule has 2 aromatic rings. The first-order chi connectivity index (χ1) is 13.7. The van der Waals surface area contributed by atoms with Crippen LogP contribution in [-0.2, 0) is 9.53 Å². The van der Waals surface area contributed by atoms with Gasteiger partial charge in [0.15, 0.2) is 6.61 Å². The fourth-order valence-electron chi connectivity index (χ4n) is 6.37. The molecule has 4 aliphatic carbocycles. The predicted octanol–water partition coefficient (Wildman–Crippen LogP) is 4.18. The summed E-state index contributed by atoms with van der Waals surface area (Å²) in [5.74, 6) is 3.62. The average molecular weight is 380 g/mol. The number of hydrogen-bond acceptors (Lipinski definition) is 3. The van der Waals surface area contributed by atoms with E-state index in [0.29, 0.717) is 18.4 Å². The number of methoxy groups -OCH3 is 1. The van der Waals surface area contributed by atoms with Gasteiger partial charge >= 0.3 is 0 Å². The molecule has 4 heteroatoms. The normalized spacial score (nSPS) is 33.2. The minimum Gasteiger partial charge on any atom is -0.484 e. The molecule has 0 aromatic heterocycles. The zero-order chi connectivity index (χ0) is 19.1. The summed E-state index contributed by atoms with van der Waals surface area (Å²) >= 11 is 0. The molecule has 2 aromatic carbocycles. The average Bonchev–Trinajstić information content (AvgIpc) is 2.71. The quantitative estimate of drug-likeness (QED) is 0.819. The number of fused-ring (bicyclic) bond motifs is 1. The predicted molar refractivity (Wildman–Crippen MR) is 109 cm³/mol. The maximum Gasteiger partial charge on any atom is 0.258 e. The van der Waals surface area contributed by atoms with Crippen LogP contribution in [0.3, 0.4) is 0 Å². The monoisotopic (exact) mass is 379 g/mol. The van der Waals surface area contributed by atoms with Crippen molar-refractivity contribution in [2.45, 2.75) is 37.7 Å². The van der Waals surface area contributed by atoms with E-state index in [0.717, 1.165) is 23.0 Å². The topological polar surface area (TPSA) is 47.6 Å². The third kappa shape index (κ3) is 3.08. The number of hydrogen-bond donors (Lipinski definition) is 1. The van der Waals surface area contributed by atoms with Crippen LogP contribution in [0.5, 0.6) is 5.75 Å². The molecular weight excluding hydrogens is 350 g/mol. The lowest BCUT2D eigenvalue weighted by molar-refractivity contribution is -0.188. The van der Waals surface area contributed by atoms with Crippen molar-refractivity contribution >= 4 is 16.7 Å². The van der Waals surface area contributed by atoms with Gasteiger partial charge in [-0.05, 0) is 78.7 Å². The number of nitrogens with one attached hydrogen (secondary N) is 1. The first kappa shape index (κ1) is 18.0. The first-order valence-corrected chi connectivity index (χ1v) is 10.6. The van der Waals surface area contributed by atoms with E-state index in [9.17, 15) is 4.79 Å². The molecule has 0 aliphatic heterocycles. The Kier molecular flexibility index (Phi) is 4.54. The number of rotatable bonds is 6.